The largest absolute Gasteiger partial charge is 0.458 e. The lowest BCUT2D eigenvalue weighted by atomic mass is 9.93. The number of carbonyl (C=O) groups excluding carboxylic acids is 1. The topological polar surface area (TPSA) is 49.8 Å². The van der Waals surface area contributed by atoms with Gasteiger partial charge in [0.05, 0.1) is 5.92 Å². The first-order valence-corrected chi connectivity index (χ1v) is 12.8. The van der Waals surface area contributed by atoms with Gasteiger partial charge in [0.2, 0.25) is 0 Å². The number of unbranched alkanes of at least 4 members (excludes halogenated alkanes) is 12. The standard InChI is InChI=1S/C26H53NO3/c1-8-9-10-11-12-13-14-15-16-17-18-19-20-21-23(4)25(28)30-24(5)26(29,22(2)3)27(6)7/h22-24,29H,8-21H2,1-7H3. The zero-order valence-corrected chi connectivity index (χ0v) is 21.3. The molecule has 180 valence electrons. The van der Waals surface area contributed by atoms with Gasteiger partial charge < -0.3 is 9.84 Å². The molecule has 0 aromatic heterocycles. The van der Waals surface area contributed by atoms with Gasteiger partial charge in [-0.2, -0.15) is 0 Å². The van der Waals surface area contributed by atoms with Crippen LogP contribution in [0, 0.1) is 11.8 Å². The van der Waals surface area contributed by atoms with Gasteiger partial charge in [-0.15, -0.1) is 0 Å². The summed E-state index contributed by atoms with van der Waals surface area (Å²) in [7, 11) is 3.64. The van der Waals surface area contributed by atoms with Crippen molar-refractivity contribution in [2.75, 3.05) is 14.1 Å². The summed E-state index contributed by atoms with van der Waals surface area (Å²) in [6, 6.07) is 0. The molecule has 0 rings (SSSR count). The fraction of sp³-hybridized carbons (Fsp3) is 0.962. The summed E-state index contributed by atoms with van der Waals surface area (Å²) < 4.78 is 5.63. The lowest BCUT2D eigenvalue weighted by Gasteiger charge is -2.42. The van der Waals surface area contributed by atoms with E-state index in [9.17, 15) is 9.90 Å². The molecule has 0 amide bonds. The van der Waals surface area contributed by atoms with Crippen molar-refractivity contribution in [3.63, 3.8) is 0 Å². The molecule has 0 aliphatic rings. The number of likely N-dealkylation sites (N-methyl/N-ethyl adjacent to an activating group) is 1. The number of rotatable bonds is 19. The third-order valence-electron chi connectivity index (χ3n) is 6.60. The summed E-state index contributed by atoms with van der Waals surface area (Å²) in [6.45, 7) is 9.89. The molecule has 4 heteroatoms. The van der Waals surface area contributed by atoms with Gasteiger partial charge in [-0.3, -0.25) is 9.69 Å². The average Bonchev–Trinajstić information content (AvgIpc) is 2.69. The van der Waals surface area contributed by atoms with Gasteiger partial charge in [0.15, 0.2) is 5.72 Å². The summed E-state index contributed by atoms with van der Waals surface area (Å²) in [4.78, 5) is 14.2. The zero-order valence-electron chi connectivity index (χ0n) is 21.3. The summed E-state index contributed by atoms with van der Waals surface area (Å²) >= 11 is 0. The van der Waals surface area contributed by atoms with Crippen molar-refractivity contribution >= 4 is 5.97 Å². The highest BCUT2D eigenvalue weighted by Crippen LogP contribution is 2.27. The van der Waals surface area contributed by atoms with Crippen LogP contribution in [0.15, 0.2) is 0 Å². The van der Waals surface area contributed by atoms with E-state index >= 15 is 0 Å². The van der Waals surface area contributed by atoms with Crippen molar-refractivity contribution < 1.29 is 14.6 Å². The maximum Gasteiger partial charge on any atom is 0.309 e. The molecule has 3 atom stereocenters. The molecule has 0 aromatic carbocycles. The summed E-state index contributed by atoms with van der Waals surface area (Å²) in [6.07, 6.45) is 17.6. The molecule has 0 saturated carbocycles. The minimum atomic E-state index is -1.15. The van der Waals surface area contributed by atoms with Crippen LogP contribution in [0.2, 0.25) is 0 Å². The van der Waals surface area contributed by atoms with Crippen LogP contribution in [0.1, 0.15) is 125 Å². The van der Waals surface area contributed by atoms with Gasteiger partial charge in [0.25, 0.3) is 0 Å². The van der Waals surface area contributed by atoms with Crippen molar-refractivity contribution in [1.82, 2.24) is 4.90 Å². The van der Waals surface area contributed by atoms with Gasteiger partial charge in [-0.25, -0.2) is 0 Å². The number of hydrogen-bond donors (Lipinski definition) is 1. The van der Waals surface area contributed by atoms with Crippen LogP contribution in [0.25, 0.3) is 0 Å². The minimum Gasteiger partial charge on any atom is -0.458 e. The molecule has 0 bridgehead atoms. The summed E-state index contributed by atoms with van der Waals surface area (Å²) in [5.74, 6) is -0.340. The number of ether oxygens (including phenoxy) is 1. The lowest BCUT2D eigenvalue weighted by Crippen LogP contribution is -2.57. The van der Waals surface area contributed by atoms with Gasteiger partial charge in [-0.05, 0) is 33.4 Å². The molecule has 1 N–H and O–H groups in total. The molecule has 3 unspecified atom stereocenters. The van der Waals surface area contributed by atoms with Crippen LogP contribution < -0.4 is 0 Å². The highest BCUT2D eigenvalue weighted by Gasteiger charge is 2.42. The van der Waals surface area contributed by atoms with Gasteiger partial charge in [0, 0.05) is 0 Å². The van der Waals surface area contributed by atoms with Crippen molar-refractivity contribution in [3.8, 4) is 0 Å². The van der Waals surface area contributed by atoms with E-state index in [4.69, 9.17) is 4.74 Å². The second kappa shape index (κ2) is 17.0. The maximum absolute atomic E-state index is 12.4. The molecular weight excluding hydrogens is 374 g/mol. The van der Waals surface area contributed by atoms with Crippen LogP contribution in [0.5, 0.6) is 0 Å². The Morgan fingerprint density at radius 2 is 1.20 bits per heavy atom. The van der Waals surface area contributed by atoms with Gasteiger partial charge in [0.1, 0.15) is 6.10 Å². The second-order valence-corrected chi connectivity index (χ2v) is 9.84. The smallest absolute Gasteiger partial charge is 0.309 e. The molecule has 0 spiro atoms. The van der Waals surface area contributed by atoms with Crippen LogP contribution in [-0.4, -0.2) is 41.9 Å². The Labute approximate surface area is 188 Å². The molecule has 4 nitrogen and oxygen atoms in total. The van der Waals surface area contributed by atoms with E-state index < -0.39 is 11.8 Å². The van der Waals surface area contributed by atoms with Crippen molar-refractivity contribution in [1.29, 1.82) is 0 Å². The number of hydrogen-bond acceptors (Lipinski definition) is 4. The van der Waals surface area contributed by atoms with Crippen molar-refractivity contribution in [3.05, 3.63) is 0 Å². The van der Waals surface area contributed by atoms with Gasteiger partial charge >= 0.3 is 5.97 Å². The van der Waals surface area contributed by atoms with Crippen LogP contribution in [0.4, 0.5) is 0 Å². The number of esters is 1. The molecule has 0 heterocycles. The fourth-order valence-electron chi connectivity index (χ4n) is 4.31. The quantitative estimate of drug-likeness (QED) is 0.138. The van der Waals surface area contributed by atoms with E-state index in [0.29, 0.717) is 0 Å². The van der Waals surface area contributed by atoms with Crippen molar-refractivity contribution in [2.24, 2.45) is 11.8 Å². The Balaban J connectivity index is 3.82. The molecule has 0 saturated heterocycles. The van der Waals surface area contributed by atoms with Crippen LogP contribution >= 0.6 is 0 Å². The molecule has 0 aliphatic heterocycles. The summed E-state index contributed by atoms with van der Waals surface area (Å²) in [5, 5.41) is 10.9. The van der Waals surface area contributed by atoms with E-state index in [0.717, 1.165) is 12.8 Å². The molecule has 0 fully saturated rings. The molecule has 0 radical (unpaired) electrons. The number of aliphatic hydroxyl groups is 1. The van der Waals surface area contributed by atoms with Crippen LogP contribution in [-0.2, 0) is 9.53 Å². The Morgan fingerprint density at radius 1 is 0.800 bits per heavy atom. The number of carbonyl (C=O) groups is 1. The first kappa shape index (κ1) is 29.4. The van der Waals surface area contributed by atoms with Crippen molar-refractivity contribution in [2.45, 2.75) is 136 Å². The molecule has 0 aromatic rings. The second-order valence-electron chi connectivity index (χ2n) is 9.84. The third kappa shape index (κ3) is 11.7. The van der Waals surface area contributed by atoms with E-state index in [2.05, 4.69) is 6.92 Å². The predicted octanol–water partition coefficient (Wildman–Crippen LogP) is 6.94. The summed E-state index contributed by atoms with van der Waals surface area (Å²) in [5.41, 5.74) is -1.15. The first-order chi connectivity index (χ1) is 14.2. The Hall–Kier alpha value is -0.610. The first-order valence-electron chi connectivity index (χ1n) is 12.8. The maximum atomic E-state index is 12.4. The Kier molecular flexibility index (Phi) is 16.7. The monoisotopic (exact) mass is 427 g/mol. The minimum absolute atomic E-state index is 0.0355. The molecule has 30 heavy (non-hydrogen) atoms. The highest BCUT2D eigenvalue weighted by atomic mass is 16.6. The van der Waals surface area contributed by atoms with Gasteiger partial charge in [-0.1, -0.05) is 111 Å². The van der Waals surface area contributed by atoms with E-state index in [1.54, 1.807) is 11.8 Å². The lowest BCUT2D eigenvalue weighted by molar-refractivity contribution is -0.207. The van der Waals surface area contributed by atoms with E-state index in [-0.39, 0.29) is 17.8 Å². The van der Waals surface area contributed by atoms with E-state index in [1.165, 1.54) is 77.0 Å². The fourth-order valence-corrected chi connectivity index (χ4v) is 4.31. The van der Waals surface area contributed by atoms with E-state index in [1.807, 2.05) is 34.9 Å². The van der Waals surface area contributed by atoms with Crippen LogP contribution in [0.3, 0.4) is 0 Å². The average molecular weight is 428 g/mol. The Morgan fingerprint density at radius 3 is 1.57 bits per heavy atom. The zero-order chi connectivity index (χ0) is 23.0. The molecular formula is C26H53NO3. The highest BCUT2D eigenvalue weighted by molar-refractivity contribution is 5.72. The predicted molar refractivity (Wildman–Crippen MR) is 129 cm³/mol. The Bertz CT molecular complexity index is 415. The molecule has 0 aliphatic carbocycles. The third-order valence-corrected chi connectivity index (χ3v) is 6.60. The normalized spacial score (nSPS) is 15.9. The number of nitrogens with zero attached hydrogens (tertiary/aromatic N) is 1. The SMILES string of the molecule is CCCCCCCCCCCCCCCC(C)C(=O)OC(C)C(O)(C(C)C)N(C)C.